The number of hydrogen-bond donors (Lipinski definition) is 0. The van der Waals surface area contributed by atoms with E-state index in [0.717, 1.165) is 17.7 Å². The minimum atomic E-state index is -2.62. The molecule has 3 aromatic rings. The maximum atomic E-state index is 7.47. The van der Waals surface area contributed by atoms with Gasteiger partial charge in [-0.05, 0) is 51.0 Å². The van der Waals surface area contributed by atoms with Crippen LogP contribution >= 0.6 is 0 Å². The van der Waals surface area contributed by atoms with Crippen molar-refractivity contribution in [1.29, 1.82) is 0 Å². The summed E-state index contributed by atoms with van der Waals surface area (Å²) in [7, 11) is -0.936. The standard InChI is InChI=1S/C31H38O3Si/c1-24-16-19-26(23-33-22-25-17-20-27(32-5)21-18-25)30(24)34-35(31(2,3)4,28-12-8-6-9-13-28)29-14-10-7-11-15-29/h6-15,17-21,24,30H,16,22-23H2,1-5H3/t24-,30-/m0/s1. The van der Waals surface area contributed by atoms with Crippen LogP contribution in [0.4, 0.5) is 0 Å². The third-order valence-electron chi connectivity index (χ3n) is 7.05. The summed E-state index contributed by atoms with van der Waals surface area (Å²) < 4.78 is 18.9. The van der Waals surface area contributed by atoms with E-state index in [1.54, 1.807) is 7.11 Å². The van der Waals surface area contributed by atoms with Crippen molar-refractivity contribution in [1.82, 2.24) is 0 Å². The first-order valence-corrected chi connectivity index (χ1v) is 14.4. The summed E-state index contributed by atoms with van der Waals surface area (Å²) in [6.45, 7) is 10.5. The van der Waals surface area contributed by atoms with Crippen LogP contribution < -0.4 is 15.1 Å². The average Bonchev–Trinajstić information content (AvgIpc) is 3.22. The number of methoxy groups -OCH3 is 1. The Bertz CT molecular complexity index is 1060. The molecule has 0 aliphatic heterocycles. The molecule has 4 heteroatoms. The molecule has 35 heavy (non-hydrogen) atoms. The monoisotopic (exact) mass is 486 g/mol. The molecule has 0 heterocycles. The Kier molecular flexibility index (Phi) is 7.95. The second-order valence-electron chi connectivity index (χ2n) is 10.5. The lowest BCUT2D eigenvalue weighted by Gasteiger charge is -2.45. The Hall–Kier alpha value is -2.66. The van der Waals surface area contributed by atoms with Gasteiger partial charge in [-0.2, -0.15) is 0 Å². The molecule has 0 saturated carbocycles. The summed E-state index contributed by atoms with van der Waals surface area (Å²) >= 11 is 0. The Morgan fingerprint density at radius 1 is 0.800 bits per heavy atom. The van der Waals surface area contributed by atoms with Crippen molar-refractivity contribution in [2.45, 2.75) is 51.9 Å². The third kappa shape index (κ3) is 5.45. The van der Waals surface area contributed by atoms with Crippen molar-refractivity contribution < 1.29 is 13.9 Å². The Morgan fingerprint density at radius 2 is 1.37 bits per heavy atom. The lowest BCUT2D eigenvalue weighted by atomic mass is 10.1. The van der Waals surface area contributed by atoms with Crippen LogP contribution in [0.1, 0.15) is 39.7 Å². The maximum absolute atomic E-state index is 7.47. The van der Waals surface area contributed by atoms with Gasteiger partial charge in [0.05, 0.1) is 26.4 Å². The van der Waals surface area contributed by atoms with Gasteiger partial charge in [-0.1, -0.05) is 107 Å². The van der Waals surface area contributed by atoms with E-state index < -0.39 is 8.32 Å². The van der Waals surface area contributed by atoms with Crippen molar-refractivity contribution >= 4 is 18.7 Å². The SMILES string of the molecule is COc1ccc(COCC2=CC[C@H](C)[C@@H]2O[Si](c2ccccc2)(c2ccccc2)C(C)(C)C)cc1. The predicted molar refractivity (Wildman–Crippen MR) is 147 cm³/mol. The summed E-state index contributed by atoms with van der Waals surface area (Å²) in [5, 5.41) is 2.58. The summed E-state index contributed by atoms with van der Waals surface area (Å²) in [5.74, 6) is 1.27. The molecule has 0 saturated heterocycles. The Labute approximate surface area is 211 Å². The molecule has 1 aliphatic carbocycles. The lowest BCUT2D eigenvalue weighted by molar-refractivity contribution is 0.111. The fourth-order valence-corrected chi connectivity index (χ4v) is 9.95. The van der Waals surface area contributed by atoms with E-state index in [1.807, 2.05) is 12.1 Å². The highest BCUT2D eigenvalue weighted by Gasteiger charge is 2.52. The topological polar surface area (TPSA) is 27.7 Å². The van der Waals surface area contributed by atoms with Crippen LogP contribution in [0.15, 0.2) is 96.6 Å². The first-order chi connectivity index (χ1) is 16.8. The smallest absolute Gasteiger partial charge is 0.261 e. The molecule has 0 fully saturated rings. The number of allylic oxidation sites excluding steroid dienone is 1. The summed E-state index contributed by atoms with van der Waals surface area (Å²) in [6, 6.07) is 29.8. The minimum absolute atomic E-state index is 0.0390. The molecule has 0 N–H and O–H groups in total. The van der Waals surface area contributed by atoms with Gasteiger partial charge in [0.2, 0.25) is 0 Å². The Morgan fingerprint density at radius 3 is 1.89 bits per heavy atom. The van der Waals surface area contributed by atoms with Crippen LogP contribution in [0.3, 0.4) is 0 Å². The molecule has 3 nitrogen and oxygen atoms in total. The number of ether oxygens (including phenoxy) is 2. The van der Waals surface area contributed by atoms with Crippen LogP contribution in [0, 0.1) is 5.92 Å². The van der Waals surface area contributed by atoms with Gasteiger partial charge in [-0.3, -0.25) is 0 Å². The fourth-order valence-electron chi connectivity index (χ4n) is 5.17. The summed E-state index contributed by atoms with van der Waals surface area (Å²) in [6.07, 6.45) is 3.39. The number of hydrogen-bond acceptors (Lipinski definition) is 3. The van der Waals surface area contributed by atoms with E-state index in [1.165, 1.54) is 15.9 Å². The zero-order chi connectivity index (χ0) is 24.9. The Balaban J connectivity index is 1.60. The second kappa shape index (κ2) is 10.9. The lowest BCUT2D eigenvalue weighted by Crippen LogP contribution is -2.68. The largest absolute Gasteiger partial charge is 0.497 e. The zero-order valence-electron chi connectivity index (χ0n) is 21.7. The van der Waals surface area contributed by atoms with E-state index in [4.69, 9.17) is 13.9 Å². The van der Waals surface area contributed by atoms with Crippen LogP contribution in [0.25, 0.3) is 0 Å². The zero-order valence-corrected chi connectivity index (χ0v) is 22.7. The van der Waals surface area contributed by atoms with E-state index in [-0.39, 0.29) is 11.1 Å². The van der Waals surface area contributed by atoms with Gasteiger partial charge in [0, 0.05) is 0 Å². The molecule has 184 valence electrons. The van der Waals surface area contributed by atoms with E-state index >= 15 is 0 Å². The molecule has 0 bridgehead atoms. The molecule has 3 aromatic carbocycles. The fraction of sp³-hybridized carbons (Fsp3) is 0.355. The highest BCUT2D eigenvalue weighted by Crippen LogP contribution is 2.41. The minimum Gasteiger partial charge on any atom is -0.497 e. The molecule has 0 amide bonds. The molecule has 1 aliphatic rings. The van der Waals surface area contributed by atoms with E-state index in [0.29, 0.717) is 19.1 Å². The van der Waals surface area contributed by atoms with Crippen LogP contribution in [-0.2, 0) is 15.8 Å². The molecular formula is C31H38O3Si. The predicted octanol–water partition coefficient (Wildman–Crippen LogP) is 6.12. The van der Waals surface area contributed by atoms with E-state index in [2.05, 4.69) is 107 Å². The molecule has 4 rings (SSSR count). The van der Waals surface area contributed by atoms with Crippen molar-refractivity contribution in [2.75, 3.05) is 13.7 Å². The number of rotatable bonds is 9. The molecule has 0 spiro atoms. The molecule has 0 radical (unpaired) electrons. The first kappa shape index (κ1) is 25.4. The summed E-state index contributed by atoms with van der Waals surface area (Å²) in [4.78, 5) is 0. The summed E-state index contributed by atoms with van der Waals surface area (Å²) in [5.41, 5.74) is 2.40. The van der Waals surface area contributed by atoms with Gasteiger partial charge < -0.3 is 13.9 Å². The van der Waals surface area contributed by atoms with Crippen LogP contribution in [0.2, 0.25) is 5.04 Å². The highest BCUT2D eigenvalue weighted by atomic mass is 28.4. The highest BCUT2D eigenvalue weighted by molar-refractivity contribution is 6.99. The molecule has 2 atom stereocenters. The van der Waals surface area contributed by atoms with Gasteiger partial charge in [0.25, 0.3) is 8.32 Å². The number of benzene rings is 3. The van der Waals surface area contributed by atoms with Gasteiger partial charge in [-0.25, -0.2) is 0 Å². The normalized spacial score (nSPS) is 18.4. The van der Waals surface area contributed by atoms with E-state index in [9.17, 15) is 0 Å². The molecule has 0 aromatic heterocycles. The van der Waals surface area contributed by atoms with Crippen molar-refractivity contribution in [3.05, 3.63) is 102 Å². The van der Waals surface area contributed by atoms with Crippen LogP contribution in [-0.4, -0.2) is 28.1 Å². The van der Waals surface area contributed by atoms with Crippen LogP contribution in [0.5, 0.6) is 5.75 Å². The van der Waals surface area contributed by atoms with Crippen molar-refractivity contribution in [3.63, 3.8) is 0 Å². The molecule has 0 unspecified atom stereocenters. The first-order valence-electron chi connectivity index (χ1n) is 12.5. The third-order valence-corrected chi connectivity index (χ3v) is 12.1. The maximum Gasteiger partial charge on any atom is 0.261 e. The average molecular weight is 487 g/mol. The van der Waals surface area contributed by atoms with Gasteiger partial charge in [0.15, 0.2) is 0 Å². The van der Waals surface area contributed by atoms with Crippen molar-refractivity contribution in [3.8, 4) is 5.75 Å². The quantitative estimate of drug-likeness (QED) is 0.269. The van der Waals surface area contributed by atoms with Crippen molar-refractivity contribution in [2.24, 2.45) is 5.92 Å². The molecular weight excluding hydrogens is 448 g/mol. The second-order valence-corrected chi connectivity index (χ2v) is 14.8. The van der Waals surface area contributed by atoms with Gasteiger partial charge in [0.1, 0.15) is 5.75 Å². The van der Waals surface area contributed by atoms with Gasteiger partial charge in [-0.15, -0.1) is 0 Å². The van der Waals surface area contributed by atoms with Gasteiger partial charge >= 0.3 is 0 Å².